The molecular weight excluding hydrogens is 343 g/mol. The number of aryl methyl sites for hydroxylation is 2. The lowest BCUT2D eigenvalue weighted by atomic mass is 10.1. The van der Waals surface area contributed by atoms with E-state index in [1.54, 1.807) is 12.1 Å². The van der Waals surface area contributed by atoms with E-state index in [0.29, 0.717) is 5.56 Å². The number of esters is 1. The maximum atomic E-state index is 13.6. The van der Waals surface area contributed by atoms with Crippen LogP contribution in [0.4, 0.5) is 15.8 Å². The number of anilines is 1. The Morgan fingerprint density at radius 3 is 2.69 bits per heavy atom. The largest absolute Gasteiger partial charge is 0.452 e. The highest BCUT2D eigenvalue weighted by Crippen LogP contribution is 2.23. The third-order valence-corrected chi connectivity index (χ3v) is 4.10. The summed E-state index contributed by atoms with van der Waals surface area (Å²) < 4.78 is 18.6. The number of ether oxygens (including phenoxy) is 1. The number of rotatable bonds is 5. The van der Waals surface area contributed by atoms with E-state index in [1.807, 2.05) is 6.07 Å². The first-order valence-electron chi connectivity index (χ1n) is 7.97. The summed E-state index contributed by atoms with van der Waals surface area (Å²) in [4.78, 5) is 33.9. The van der Waals surface area contributed by atoms with E-state index in [1.165, 1.54) is 5.56 Å². The fourth-order valence-electron chi connectivity index (χ4n) is 2.82. The molecule has 1 aliphatic carbocycles. The average Bonchev–Trinajstić information content (AvgIpc) is 3.09. The van der Waals surface area contributed by atoms with Crippen LogP contribution in [0.5, 0.6) is 0 Å². The second-order valence-corrected chi connectivity index (χ2v) is 5.88. The van der Waals surface area contributed by atoms with Gasteiger partial charge in [-0.1, -0.05) is 6.07 Å². The molecular formula is C18H15FN2O5. The van der Waals surface area contributed by atoms with E-state index in [4.69, 9.17) is 4.74 Å². The Balaban J connectivity index is 1.60. The summed E-state index contributed by atoms with van der Waals surface area (Å²) in [6.45, 7) is -0.627. The minimum absolute atomic E-state index is 0.347. The summed E-state index contributed by atoms with van der Waals surface area (Å²) in [6.07, 6.45) is 2.94. The first kappa shape index (κ1) is 17.5. The molecule has 3 rings (SSSR count). The van der Waals surface area contributed by atoms with E-state index in [0.717, 1.165) is 43.0 Å². The third kappa shape index (κ3) is 3.85. The third-order valence-electron chi connectivity index (χ3n) is 4.10. The SMILES string of the molecule is O=C(COC(=O)c1ccc2c(c1)CCC2)Nc1cc([N+](=O)[O-])ccc1F. The maximum absolute atomic E-state index is 13.6. The topological polar surface area (TPSA) is 98.5 Å². The smallest absolute Gasteiger partial charge is 0.338 e. The number of nitro groups is 1. The van der Waals surface area contributed by atoms with E-state index in [-0.39, 0.29) is 11.4 Å². The van der Waals surface area contributed by atoms with Crippen molar-refractivity contribution in [2.45, 2.75) is 19.3 Å². The fraction of sp³-hybridized carbons (Fsp3) is 0.222. The Bertz CT molecular complexity index is 897. The van der Waals surface area contributed by atoms with Crippen LogP contribution in [0.1, 0.15) is 27.9 Å². The molecule has 0 radical (unpaired) electrons. The molecule has 0 aliphatic heterocycles. The van der Waals surface area contributed by atoms with E-state index in [2.05, 4.69) is 5.32 Å². The number of hydrogen-bond donors (Lipinski definition) is 1. The zero-order chi connectivity index (χ0) is 18.7. The van der Waals surface area contributed by atoms with Gasteiger partial charge in [0.05, 0.1) is 16.2 Å². The number of carbonyl (C=O) groups excluding carboxylic acids is 2. The quantitative estimate of drug-likeness (QED) is 0.503. The minimum atomic E-state index is -0.825. The van der Waals surface area contributed by atoms with Gasteiger partial charge in [0.1, 0.15) is 5.82 Å². The van der Waals surface area contributed by atoms with Crippen molar-refractivity contribution < 1.29 is 23.6 Å². The number of carbonyl (C=O) groups is 2. The van der Waals surface area contributed by atoms with Crippen molar-refractivity contribution in [3.63, 3.8) is 0 Å². The van der Waals surface area contributed by atoms with Gasteiger partial charge in [0.15, 0.2) is 6.61 Å². The van der Waals surface area contributed by atoms with Crippen molar-refractivity contribution in [3.05, 3.63) is 69.0 Å². The first-order chi connectivity index (χ1) is 12.4. The van der Waals surface area contributed by atoms with Crippen LogP contribution >= 0.6 is 0 Å². The number of nitrogens with zero attached hydrogens (tertiary/aromatic N) is 1. The van der Waals surface area contributed by atoms with Gasteiger partial charge >= 0.3 is 5.97 Å². The number of nitrogens with one attached hydrogen (secondary N) is 1. The van der Waals surface area contributed by atoms with Gasteiger partial charge in [-0.25, -0.2) is 9.18 Å². The highest BCUT2D eigenvalue weighted by molar-refractivity contribution is 5.95. The lowest BCUT2D eigenvalue weighted by molar-refractivity contribution is -0.384. The molecule has 26 heavy (non-hydrogen) atoms. The molecule has 0 aromatic heterocycles. The van der Waals surface area contributed by atoms with Crippen LogP contribution in [0.3, 0.4) is 0 Å². The molecule has 0 spiro atoms. The van der Waals surface area contributed by atoms with Crippen LogP contribution in [-0.2, 0) is 22.4 Å². The molecule has 0 bridgehead atoms. The summed E-state index contributed by atoms with van der Waals surface area (Å²) in [5.41, 5.74) is 1.94. The second-order valence-electron chi connectivity index (χ2n) is 5.88. The molecule has 1 aliphatic rings. The normalized spacial score (nSPS) is 12.3. The fourth-order valence-corrected chi connectivity index (χ4v) is 2.82. The molecule has 0 heterocycles. The lowest BCUT2D eigenvalue weighted by Crippen LogP contribution is -2.21. The van der Waals surface area contributed by atoms with Crippen LogP contribution in [0, 0.1) is 15.9 Å². The van der Waals surface area contributed by atoms with Crippen molar-refractivity contribution in [1.29, 1.82) is 0 Å². The van der Waals surface area contributed by atoms with Crippen LogP contribution < -0.4 is 5.32 Å². The van der Waals surface area contributed by atoms with Crippen LogP contribution in [0.25, 0.3) is 0 Å². The van der Waals surface area contributed by atoms with Crippen molar-refractivity contribution in [1.82, 2.24) is 0 Å². The lowest BCUT2D eigenvalue weighted by Gasteiger charge is -2.08. The monoisotopic (exact) mass is 358 g/mol. The van der Waals surface area contributed by atoms with Crippen LogP contribution in [-0.4, -0.2) is 23.4 Å². The van der Waals surface area contributed by atoms with Gasteiger partial charge < -0.3 is 10.1 Å². The van der Waals surface area contributed by atoms with Gasteiger partial charge in [0, 0.05) is 12.1 Å². The number of hydrogen-bond acceptors (Lipinski definition) is 5. The van der Waals surface area contributed by atoms with Crippen LogP contribution in [0.2, 0.25) is 0 Å². The summed E-state index contributed by atoms with van der Waals surface area (Å²) in [5.74, 6) is -2.28. The number of amides is 1. The molecule has 0 unspecified atom stereocenters. The molecule has 1 N–H and O–H groups in total. The van der Waals surface area contributed by atoms with E-state index in [9.17, 15) is 24.1 Å². The van der Waals surface area contributed by atoms with Gasteiger partial charge in [0.2, 0.25) is 0 Å². The van der Waals surface area contributed by atoms with Crippen molar-refractivity contribution in [2.24, 2.45) is 0 Å². The molecule has 7 nitrogen and oxygen atoms in total. The number of non-ortho nitro benzene ring substituents is 1. The zero-order valence-corrected chi connectivity index (χ0v) is 13.7. The van der Waals surface area contributed by atoms with Crippen molar-refractivity contribution in [2.75, 3.05) is 11.9 Å². The molecule has 0 saturated heterocycles. The van der Waals surface area contributed by atoms with Crippen molar-refractivity contribution in [3.8, 4) is 0 Å². The zero-order valence-electron chi connectivity index (χ0n) is 13.7. The molecule has 0 atom stereocenters. The molecule has 134 valence electrons. The van der Waals surface area contributed by atoms with Crippen molar-refractivity contribution >= 4 is 23.3 Å². The summed E-state index contributed by atoms with van der Waals surface area (Å²) >= 11 is 0. The molecule has 0 saturated carbocycles. The number of halogens is 1. The number of benzene rings is 2. The Morgan fingerprint density at radius 1 is 1.15 bits per heavy atom. The van der Waals surface area contributed by atoms with Gasteiger partial charge in [-0.3, -0.25) is 14.9 Å². The van der Waals surface area contributed by atoms with Gasteiger partial charge in [-0.2, -0.15) is 0 Å². The van der Waals surface area contributed by atoms with Gasteiger partial charge in [-0.15, -0.1) is 0 Å². The Hall–Kier alpha value is -3.29. The Kier molecular flexibility index (Phi) is 4.92. The maximum Gasteiger partial charge on any atom is 0.338 e. The van der Waals surface area contributed by atoms with E-state index < -0.39 is 29.2 Å². The molecule has 2 aromatic rings. The Labute approximate surface area is 147 Å². The van der Waals surface area contributed by atoms with Gasteiger partial charge in [0.25, 0.3) is 11.6 Å². The predicted molar refractivity (Wildman–Crippen MR) is 90.4 cm³/mol. The number of nitro benzene ring substituents is 1. The second kappa shape index (κ2) is 7.30. The molecule has 0 fully saturated rings. The van der Waals surface area contributed by atoms with Gasteiger partial charge in [-0.05, 0) is 48.6 Å². The molecule has 1 amide bonds. The van der Waals surface area contributed by atoms with Crippen LogP contribution in [0.15, 0.2) is 36.4 Å². The highest BCUT2D eigenvalue weighted by atomic mass is 19.1. The Morgan fingerprint density at radius 2 is 1.92 bits per heavy atom. The summed E-state index contributed by atoms with van der Waals surface area (Å²) in [5, 5.41) is 12.9. The number of fused-ring (bicyclic) bond motifs is 1. The standard InChI is InChI=1S/C18H15FN2O5/c19-15-7-6-14(21(24)25)9-16(15)20-17(22)10-26-18(23)13-5-4-11-2-1-3-12(11)8-13/h4-9H,1-3,10H2,(H,20,22). The highest BCUT2D eigenvalue weighted by Gasteiger charge is 2.17. The van der Waals surface area contributed by atoms with E-state index >= 15 is 0 Å². The average molecular weight is 358 g/mol. The molecule has 8 heteroatoms. The summed E-state index contributed by atoms with van der Waals surface area (Å²) in [7, 11) is 0. The first-order valence-corrected chi connectivity index (χ1v) is 7.97. The molecule has 2 aromatic carbocycles. The summed E-state index contributed by atoms with van der Waals surface area (Å²) in [6, 6.07) is 8.03. The predicted octanol–water partition coefficient (Wildman–Crippen LogP) is 3.02. The minimum Gasteiger partial charge on any atom is -0.452 e.